The average molecular weight is 298 g/mol. The number of nitrogens with zero attached hydrogens (tertiary/aromatic N) is 5. The van der Waals surface area contributed by atoms with Crippen LogP contribution in [-0.4, -0.2) is 35.4 Å². The van der Waals surface area contributed by atoms with Crippen LogP contribution in [0.1, 0.15) is 11.1 Å². The molecule has 2 aromatic heterocycles. The van der Waals surface area contributed by atoms with Gasteiger partial charge in [-0.25, -0.2) is 9.89 Å². The topological polar surface area (TPSA) is 111 Å². The van der Waals surface area contributed by atoms with E-state index in [1.54, 1.807) is 18.2 Å². The van der Waals surface area contributed by atoms with Crippen molar-refractivity contribution in [3.8, 4) is 23.9 Å². The minimum atomic E-state index is -0.491. The fourth-order valence-corrected chi connectivity index (χ4v) is 1.94. The van der Waals surface area contributed by atoms with Crippen LogP contribution in [0.15, 0.2) is 35.3 Å². The molecule has 9 heteroatoms. The van der Waals surface area contributed by atoms with Gasteiger partial charge in [0.25, 0.3) is 0 Å². The largest absolute Gasteiger partial charge is 0.472 e. The zero-order valence-electron chi connectivity index (χ0n) is 11.2. The number of hydrogen-bond acceptors (Lipinski definition) is 6. The number of aromatic amines is 1. The summed E-state index contributed by atoms with van der Waals surface area (Å²) < 4.78 is 6.56. The molecular formula is C13H10N6O3. The zero-order chi connectivity index (χ0) is 15.5. The average Bonchev–Trinajstić information content (AvgIpc) is 3.13. The first-order valence-corrected chi connectivity index (χ1v) is 6.16. The Bertz CT molecular complexity index is 901. The van der Waals surface area contributed by atoms with Gasteiger partial charge in [-0.1, -0.05) is 17.1 Å². The Balaban J connectivity index is 2.00. The van der Waals surface area contributed by atoms with Gasteiger partial charge in [0.2, 0.25) is 5.88 Å². The van der Waals surface area contributed by atoms with Crippen molar-refractivity contribution in [2.24, 2.45) is 0 Å². The van der Waals surface area contributed by atoms with E-state index >= 15 is 0 Å². The van der Waals surface area contributed by atoms with Gasteiger partial charge in [0.15, 0.2) is 0 Å². The van der Waals surface area contributed by atoms with Gasteiger partial charge >= 0.3 is 5.69 Å². The van der Waals surface area contributed by atoms with Crippen LogP contribution < -0.4 is 10.4 Å². The molecule has 3 rings (SSSR count). The van der Waals surface area contributed by atoms with E-state index in [0.717, 1.165) is 4.68 Å². The van der Waals surface area contributed by atoms with Crippen LogP contribution in [0.5, 0.6) is 5.88 Å². The molecule has 1 aromatic carbocycles. The first-order chi connectivity index (χ1) is 10.7. The summed E-state index contributed by atoms with van der Waals surface area (Å²) >= 11 is 0. The number of H-pyrrole nitrogens is 1. The predicted molar refractivity (Wildman–Crippen MR) is 73.7 cm³/mol. The van der Waals surface area contributed by atoms with Crippen molar-refractivity contribution < 1.29 is 9.94 Å². The zero-order valence-corrected chi connectivity index (χ0v) is 11.2. The first kappa shape index (κ1) is 13.4. The monoisotopic (exact) mass is 298 g/mol. The maximum absolute atomic E-state index is 11.7. The van der Waals surface area contributed by atoms with Crippen molar-refractivity contribution in [2.45, 2.75) is 6.61 Å². The molecule has 22 heavy (non-hydrogen) atoms. The molecule has 0 amide bonds. The van der Waals surface area contributed by atoms with Crippen molar-refractivity contribution in [3.05, 3.63) is 52.1 Å². The van der Waals surface area contributed by atoms with E-state index in [9.17, 15) is 4.79 Å². The lowest BCUT2D eigenvalue weighted by atomic mass is 10.1. The lowest BCUT2D eigenvalue weighted by Gasteiger charge is -2.10. The summed E-state index contributed by atoms with van der Waals surface area (Å²) in [5.74, 6) is 2.75. The molecule has 3 aromatic rings. The quantitative estimate of drug-likeness (QED) is 0.516. The van der Waals surface area contributed by atoms with Crippen LogP contribution in [0.3, 0.4) is 0 Å². The van der Waals surface area contributed by atoms with Crippen LogP contribution >= 0.6 is 0 Å². The van der Waals surface area contributed by atoms with Gasteiger partial charge in [0.1, 0.15) is 6.61 Å². The van der Waals surface area contributed by atoms with Gasteiger partial charge < -0.3 is 9.94 Å². The highest BCUT2D eigenvalue weighted by Crippen LogP contribution is 2.19. The van der Waals surface area contributed by atoms with Gasteiger partial charge in [0.05, 0.1) is 11.9 Å². The van der Waals surface area contributed by atoms with E-state index in [1.807, 2.05) is 0 Å². The number of rotatable bonds is 4. The number of ether oxygens (including phenoxy) is 1. The standard InChI is InChI=1S/C13H10N6O3/c1-2-9-4-3-5-11(19-13(20)14-16-17-19)10(9)8-22-12-6-7-18(21)15-12/h1,3-7,21H,8H2,(H,14,17,20). The number of benzene rings is 1. The smallest absolute Gasteiger partial charge is 0.365 e. The Hall–Kier alpha value is -3.54. The van der Waals surface area contributed by atoms with Crippen LogP contribution in [-0.2, 0) is 6.61 Å². The minimum absolute atomic E-state index is 0.0476. The summed E-state index contributed by atoms with van der Waals surface area (Å²) in [6, 6.07) is 6.59. The van der Waals surface area contributed by atoms with E-state index in [4.69, 9.17) is 16.4 Å². The van der Waals surface area contributed by atoms with E-state index in [-0.39, 0.29) is 12.5 Å². The van der Waals surface area contributed by atoms with Gasteiger partial charge in [-0.3, -0.25) is 0 Å². The van der Waals surface area contributed by atoms with Crippen LogP contribution in [0, 0.1) is 12.3 Å². The molecule has 0 atom stereocenters. The third-order valence-corrected chi connectivity index (χ3v) is 2.92. The summed E-state index contributed by atoms with van der Waals surface area (Å²) in [5, 5.41) is 22.2. The molecule has 0 saturated heterocycles. The highest BCUT2D eigenvalue weighted by Gasteiger charge is 2.13. The number of nitrogens with one attached hydrogen (secondary N) is 1. The fraction of sp³-hybridized carbons (Fsp3) is 0.0769. The highest BCUT2D eigenvalue weighted by molar-refractivity contribution is 5.51. The third kappa shape index (κ3) is 2.40. The number of hydrogen-bond donors (Lipinski definition) is 2. The predicted octanol–water partition coefficient (Wildman–Crippen LogP) is -0.0503. The Kier molecular flexibility index (Phi) is 3.33. The first-order valence-electron chi connectivity index (χ1n) is 6.16. The maximum Gasteiger partial charge on any atom is 0.365 e. The lowest BCUT2D eigenvalue weighted by molar-refractivity contribution is 0.141. The Morgan fingerprint density at radius 3 is 2.91 bits per heavy atom. The molecule has 0 bridgehead atoms. The van der Waals surface area contributed by atoms with Crippen molar-refractivity contribution in [1.29, 1.82) is 0 Å². The van der Waals surface area contributed by atoms with Crippen LogP contribution in [0.4, 0.5) is 0 Å². The Morgan fingerprint density at radius 2 is 2.27 bits per heavy atom. The van der Waals surface area contributed by atoms with E-state index in [2.05, 4.69) is 26.5 Å². The molecule has 0 spiro atoms. The Morgan fingerprint density at radius 1 is 1.41 bits per heavy atom. The van der Waals surface area contributed by atoms with E-state index in [1.165, 1.54) is 12.3 Å². The molecular weight excluding hydrogens is 288 g/mol. The summed E-state index contributed by atoms with van der Waals surface area (Å²) in [7, 11) is 0. The van der Waals surface area contributed by atoms with E-state index < -0.39 is 5.69 Å². The molecule has 0 aliphatic heterocycles. The summed E-state index contributed by atoms with van der Waals surface area (Å²) in [4.78, 5) is 12.3. The molecule has 0 unspecified atom stereocenters. The van der Waals surface area contributed by atoms with Crippen molar-refractivity contribution in [2.75, 3.05) is 0 Å². The number of tetrazole rings is 1. The normalized spacial score (nSPS) is 10.3. The molecule has 0 saturated carbocycles. The summed E-state index contributed by atoms with van der Waals surface area (Å²) in [6.07, 6.45) is 6.81. The van der Waals surface area contributed by atoms with E-state index in [0.29, 0.717) is 21.7 Å². The molecule has 0 fully saturated rings. The highest BCUT2D eigenvalue weighted by atomic mass is 16.5. The molecule has 2 heterocycles. The van der Waals surface area contributed by atoms with Crippen molar-refractivity contribution in [3.63, 3.8) is 0 Å². The minimum Gasteiger partial charge on any atom is -0.472 e. The molecule has 110 valence electrons. The molecule has 0 aliphatic carbocycles. The van der Waals surface area contributed by atoms with Gasteiger partial charge in [0, 0.05) is 17.2 Å². The SMILES string of the molecule is C#Cc1cccc(-n2nn[nH]c2=O)c1COc1ccn(O)n1. The van der Waals surface area contributed by atoms with Gasteiger partial charge in [-0.2, -0.15) is 4.68 Å². The van der Waals surface area contributed by atoms with Crippen LogP contribution in [0.2, 0.25) is 0 Å². The van der Waals surface area contributed by atoms with Crippen molar-refractivity contribution in [1.82, 2.24) is 30.2 Å². The lowest BCUT2D eigenvalue weighted by Crippen LogP contribution is -2.18. The Labute approximate surface area is 123 Å². The number of terminal acetylenes is 1. The molecule has 9 nitrogen and oxygen atoms in total. The second-order valence-electron chi connectivity index (χ2n) is 4.23. The van der Waals surface area contributed by atoms with Crippen LogP contribution in [0.25, 0.3) is 5.69 Å². The molecule has 0 radical (unpaired) electrons. The second kappa shape index (κ2) is 5.45. The van der Waals surface area contributed by atoms with Gasteiger partial charge in [-0.15, -0.1) is 11.3 Å². The molecule has 2 N–H and O–H groups in total. The fourth-order valence-electron chi connectivity index (χ4n) is 1.94. The summed E-state index contributed by atoms with van der Waals surface area (Å²) in [6.45, 7) is 0.0476. The van der Waals surface area contributed by atoms with Crippen molar-refractivity contribution >= 4 is 0 Å². The molecule has 0 aliphatic rings. The second-order valence-corrected chi connectivity index (χ2v) is 4.23. The van der Waals surface area contributed by atoms with Gasteiger partial charge in [-0.05, 0) is 22.6 Å². The third-order valence-electron chi connectivity index (χ3n) is 2.92. The summed E-state index contributed by atoms with van der Waals surface area (Å²) in [5.41, 5.74) is 1.09. The maximum atomic E-state index is 11.7. The number of aromatic nitrogens is 6.